The van der Waals surface area contributed by atoms with Crippen LogP contribution < -0.4 is 5.32 Å². The Morgan fingerprint density at radius 3 is 2.62 bits per heavy atom. The maximum atomic E-state index is 10.7. The van der Waals surface area contributed by atoms with E-state index in [9.17, 15) is 4.79 Å². The molecule has 16 heavy (non-hydrogen) atoms. The van der Waals surface area contributed by atoms with Gasteiger partial charge in [0.15, 0.2) is 0 Å². The van der Waals surface area contributed by atoms with Crippen LogP contribution in [0.25, 0.3) is 0 Å². The van der Waals surface area contributed by atoms with E-state index in [1.165, 1.54) is 32.1 Å². The largest absolute Gasteiger partial charge is 0.478 e. The highest BCUT2D eigenvalue weighted by atomic mass is 16.4. The molecule has 0 aromatic heterocycles. The lowest BCUT2D eigenvalue weighted by atomic mass is 9.89. The van der Waals surface area contributed by atoms with Crippen LogP contribution in [0.4, 0.5) is 0 Å². The zero-order valence-corrected chi connectivity index (χ0v) is 10.2. The van der Waals surface area contributed by atoms with Gasteiger partial charge in [-0.3, -0.25) is 0 Å². The Hall–Kier alpha value is -0.830. The number of aliphatic carboxylic acids is 1. The molecule has 1 fully saturated rings. The third kappa shape index (κ3) is 4.79. The molecule has 1 rings (SSSR count). The molecule has 92 valence electrons. The Kier molecular flexibility index (Phi) is 6.16. The van der Waals surface area contributed by atoms with Crippen molar-refractivity contribution in [3.63, 3.8) is 0 Å². The van der Waals surface area contributed by atoms with E-state index in [1.807, 2.05) is 6.92 Å². The summed E-state index contributed by atoms with van der Waals surface area (Å²) in [5, 5.41) is 12.2. The van der Waals surface area contributed by atoms with E-state index in [-0.39, 0.29) is 0 Å². The second-order valence-electron chi connectivity index (χ2n) is 4.55. The SMILES string of the molecule is CCC(=CCNCC1CCCCC1)C(=O)O. The fraction of sp³-hybridized carbons (Fsp3) is 0.769. The first-order valence-electron chi connectivity index (χ1n) is 6.37. The molecular weight excluding hydrogens is 202 g/mol. The second-order valence-corrected chi connectivity index (χ2v) is 4.55. The fourth-order valence-electron chi connectivity index (χ4n) is 2.26. The van der Waals surface area contributed by atoms with Crippen molar-refractivity contribution in [1.29, 1.82) is 0 Å². The van der Waals surface area contributed by atoms with Gasteiger partial charge in [0.05, 0.1) is 0 Å². The van der Waals surface area contributed by atoms with E-state index >= 15 is 0 Å². The molecule has 3 heteroatoms. The molecule has 1 aliphatic rings. The number of carboxylic acids is 1. The average Bonchev–Trinajstić information content (AvgIpc) is 2.30. The molecule has 0 aliphatic heterocycles. The van der Waals surface area contributed by atoms with Crippen molar-refractivity contribution in [2.24, 2.45) is 5.92 Å². The summed E-state index contributed by atoms with van der Waals surface area (Å²) < 4.78 is 0. The molecule has 0 atom stereocenters. The number of nitrogens with one attached hydrogen (secondary N) is 1. The first-order chi connectivity index (χ1) is 7.74. The van der Waals surface area contributed by atoms with Gasteiger partial charge in [-0.2, -0.15) is 0 Å². The van der Waals surface area contributed by atoms with Crippen LogP contribution in [0.5, 0.6) is 0 Å². The van der Waals surface area contributed by atoms with Gasteiger partial charge in [-0.25, -0.2) is 4.79 Å². The average molecular weight is 225 g/mol. The van der Waals surface area contributed by atoms with Gasteiger partial charge in [0, 0.05) is 12.1 Å². The number of hydrogen-bond donors (Lipinski definition) is 2. The van der Waals surface area contributed by atoms with E-state index < -0.39 is 5.97 Å². The van der Waals surface area contributed by atoms with E-state index in [0.717, 1.165) is 12.5 Å². The van der Waals surface area contributed by atoms with Crippen molar-refractivity contribution >= 4 is 5.97 Å². The fourth-order valence-corrected chi connectivity index (χ4v) is 2.26. The third-order valence-corrected chi connectivity index (χ3v) is 3.31. The Morgan fingerprint density at radius 1 is 1.38 bits per heavy atom. The predicted molar refractivity (Wildman–Crippen MR) is 65.5 cm³/mol. The van der Waals surface area contributed by atoms with Crippen LogP contribution in [0.15, 0.2) is 11.6 Å². The quantitative estimate of drug-likeness (QED) is 0.539. The van der Waals surface area contributed by atoms with Crippen LogP contribution >= 0.6 is 0 Å². The first-order valence-corrected chi connectivity index (χ1v) is 6.37. The van der Waals surface area contributed by atoms with E-state index in [2.05, 4.69) is 5.32 Å². The summed E-state index contributed by atoms with van der Waals surface area (Å²) in [5.74, 6) is 0.0130. The van der Waals surface area contributed by atoms with Gasteiger partial charge in [-0.05, 0) is 31.7 Å². The lowest BCUT2D eigenvalue weighted by Crippen LogP contribution is -2.25. The lowest BCUT2D eigenvalue weighted by Gasteiger charge is -2.21. The Labute approximate surface area is 97.9 Å². The van der Waals surface area contributed by atoms with Crippen molar-refractivity contribution in [2.75, 3.05) is 13.1 Å². The topological polar surface area (TPSA) is 49.3 Å². The van der Waals surface area contributed by atoms with Gasteiger partial charge in [0.1, 0.15) is 0 Å². The number of hydrogen-bond acceptors (Lipinski definition) is 2. The van der Waals surface area contributed by atoms with Crippen LogP contribution in [0.1, 0.15) is 45.4 Å². The van der Waals surface area contributed by atoms with Gasteiger partial charge in [0.25, 0.3) is 0 Å². The van der Waals surface area contributed by atoms with Crippen LogP contribution in [-0.2, 0) is 4.79 Å². The van der Waals surface area contributed by atoms with Crippen molar-refractivity contribution in [1.82, 2.24) is 5.32 Å². The zero-order valence-electron chi connectivity index (χ0n) is 10.2. The summed E-state index contributed by atoms with van der Waals surface area (Å²) in [5.41, 5.74) is 0.510. The third-order valence-electron chi connectivity index (χ3n) is 3.31. The molecule has 0 spiro atoms. The summed E-state index contributed by atoms with van der Waals surface area (Å²) >= 11 is 0. The van der Waals surface area contributed by atoms with Crippen LogP contribution in [0.3, 0.4) is 0 Å². The summed E-state index contributed by atoms with van der Waals surface area (Å²) in [4.78, 5) is 10.7. The smallest absolute Gasteiger partial charge is 0.331 e. The minimum Gasteiger partial charge on any atom is -0.478 e. The molecule has 0 radical (unpaired) electrons. The Morgan fingerprint density at radius 2 is 2.06 bits per heavy atom. The predicted octanol–water partition coefficient (Wildman–Crippen LogP) is 2.58. The first kappa shape index (κ1) is 13.2. The van der Waals surface area contributed by atoms with Gasteiger partial charge >= 0.3 is 5.97 Å². The molecule has 1 saturated carbocycles. The molecule has 0 amide bonds. The summed E-state index contributed by atoms with van der Waals surface area (Å²) in [7, 11) is 0. The van der Waals surface area contributed by atoms with E-state index in [1.54, 1.807) is 6.08 Å². The molecule has 0 unspecified atom stereocenters. The zero-order chi connectivity index (χ0) is 11.8. The van der Waals surface area contributed by atoms with Gasteiger partial charge in [-0.1, -0.05) is 32.3 Å². The standard InChI is InChI=1S/C13H23NO2/c1-2-12(13(15)16)8-9-14-10-11-6-4-3-5-7-11/h8,11,14H,2-7,9-10H2,1H3,(H,15,16). The van der Waals surface area contributed by atoms with Crippen molar-refractivity contribution < 1.29 is 9.90 Å². The summed E-state index contributed by atoms with van der Waals surface area (Å²) in [6.45, 7) is 3.60. The normalized spacial score (nSPS) is 18.7. The molecule has 0 saturated heterocycles. The van der Waals surface area contributed by atoms with Gasteiger partial charge < -0.3 is 10.4 Å². The molecule has 0 heterocycles. The number of rotatable bonds is 6. The van der Waals surface area contributed by atoms with E-state index in [0.29, 0.717) is 18.5 Å². The van der Waals surface area contributed by atoms with Crippen LogP contribution in [0, 0.1) is 5.92 Å². The molecule has 3 nitrogen and oxygen atoms in total. The molecule has 1 aliphatic carbocycles. The maximum absolute atomic E-state index is 10.7. The highest BCUT2D eigenvalue weighted by Gasteiger charge is 2.12. The molecule has 2 N–H and O–H groups in total. The Bertz CT molecular complexity index is 242. The molecule has 0 aromatic carbocycles. The summed E-state index contributed by atoms with van der Waals surface area (Å²) in [6.07, 6.45) is 9.16. The summed E-state index contributed by atoms with van der Waals surface area (Å²) in [6, 6.07) is 0. The number of carbonyl (C=O) groups is 1. The van der Waals surface area contributed by atoms with Crippen LogP contribution in [0.2, 0.25) is 0 Å². The molecule has 0 bridgehead atoms. The molecular formula is C13H23NO2. The monoisotopic (exact) mass is 225 g/mol. The van der Waals surface area contributed by atoms with Gasteiger partial charge in [0.2, 0.25) is 0 Å². The second kappa shape index (κ2) is 7.44. The minimum atomic E-state index is -0.790. The van der Waals surface area contributed by atoms with Crippen molar-refractivity contribution in [3.8, 4) is 0 Å². The Balaban J connectivity index is 2.16. The highest BCUT2D eigenvalue weighted by molar-refractivity contribution is 5.86. The number of carboxylic acid groups (broad SMARTS) is 1. The molecule has 0 aromatic rings. The van der Waals surface area contributed by atoms with Crippen molar-refractivity contribution in [2.45, 2.75) is 45.4 Å². The lowest BCUT2D eigenvalue weighted by molar-refractivity contribution is -0.132. The van der Waals surface area contributed by atoms with E-state index in [4.69, 9.17) is 5.11 Å². The van der Waals surface area contributed by atoms with Gasteiger partial charge in [-0.15, -0.1) is 0 Å². The maximum Gasteiger partial charge on any atom is 0.331 e. The van der Waals surface area contributed by atoms with Crippen molar-refractivity contribution in [3.05, 3.63) is 11.6 Å². The van der Waals surface area contributed by atoms with Crippen LogP contribution in [-0.4, -0.2) is 24.2 Å². The highest BCUT2D eigenvalue weighted by Crippen LogP contribution is 2.22. The minimum absolute atomic E-state index is 0.510.